The number of benzene rings is 2. The first-order chi connectivity index (χ1) is 12.9. The van der Waals surface area contributed by atoms with Crippen molar-refractivity contribution in [3.05, 3.63) is 59.7 Å². The van der Waals surface area contributed by atoms with E-state index in [1.165, 1.54) is 0 Å². The molecule has 1 atom stereocenters. The number of aryl methyl sites for hydroxylation is 1. The molecule has 2 bridgehead atoms. The van der Waals surface area contributed by atoms with Crippen LogP contribution in [0.15, 0.2) is 53.4 Å². The predicted octanol–water partition coefficient (Wildman–Crippen LogP) is 2.17. The van der Waals surface area contributed by atoms with Gasteiger partial charge >= 0.3 is 0 Å². The van der Waals surface area contributed by atoms with Gasteiger partial charge in [-0.15, -0.1) is 0 Å². The molecule has 2 aromatic carbocycles. The van der Waals surface area contributed by atoms with Gasteiger partial charge in [0.1, 0.15) is 4.90 Å². The van der Waals surface area contributed by atoms with E-state index in [1.807, 2.05) is 30.0 Å². The van der Waals surface area contributed by atoms with Gasteiger partial charge in [-0.25, -0.2) is 8.42 Å². The van der Waals surface area contributed by atoms with Crippen molar-refractivity contribution in [3.8, 4) is 0 Å². The lowest BCUT2D eigenvalue weighted by Crippen LogP contribution is -2.57. The van der Waals surface area contributed by atoms with Crippen molar-refractivity contribution < 1.29 is 13.2 Å². The Morgan fingerprint density at radius 2 is 1.89 bits per heavy atom. The Morgan fingerprint density at radius 1 is 1.15 bits per heavy atom. The number of carbonyl (C=O) groups excluding carboxylic acids is 1. The Hall–Kier alpha value is -2.38. The molecule has 27 heavy (non-hydrogen) atoms. The average Bonchev–Trinajstić information content (AvgIpc) is 3.17. The van der Waals surface area contributed by atoms with Crippen molar-refractivity contribution in [1.29, 1.82) is 0 Å². The average molecular weight is 383 g/mol. The number of nitrogens with zero attached hydrogens (tertiary/aromatic N) is 1. The number of hydrogen-bond donors (Lipinski definition) is 2. The van der Waals surface area contributed by atoms with Crippen LogP contribution in [0.2, 0.25) is 0 Å². The Labute approximate surface area is 158 Å². The summed E-state index contributed by atoms with van der Waals surface area (Å²) in [6.07, 6.45) is 0.903. The zero-order chi connectivity index (χ0) is 18.8. The van der Waals surface area contributed by atoms with Gasteiger partial charge < -0.3 is 10.2 Å². The molecule has 1 aliphatic carbocycles. The highest BCUT2D eigenvalue weighted by Gasteiger charge is 2.59. The van der Waals surface area contributed by atoms with E-state index in [1.54, 1.807) is 18.2 Å². The predicted molar refractivity (Wildman–Crippen MR) is 101 cm³/mol. The first-order valence-corrected chi connectivity index (χ1v) is 10.6. The van der Waals surface area contributed by atoms with Crippen molar-refractivity contribution in [2.75, 3.05) is 11.9 Å². The molecule has 3 aliphatic heterocycles. The van der Waals surface area contributed by atoms with Gasteiger partial charge in [-0.3, -0.25) is 4.79 Å². The fraction of sp³-hybridized carbons (Fsp3) is 0.350. The maximum Gasteiger partial charge on any atom is 0.261 e. The Morgan fingerprint density at radius 3 is 2.63 bits per heavy atom. The van der Waals surface area contributed by atoms with Crippen LogP contribution in [0.5, 0.6) is 0 Å². The summed E-state index contributed by atoms with van der Waals surface area (Å²) in [6.45, 7) is 2.57. The molecule has 2 N–H and O–H groups in total. The molecule has 1 saturated carbocycles. The van der Waals surface area contributed by atoms with Crippen LogP contribution in [0.25, 0.3) is 0 Å². The van der Waals surface area contributed by atoms with Crippen molar-refractivity contribution in [3.63, 3.8) is 0 Å². The Balaban J connectivity index is 1.48. The number of anilines is 1. The number of fused-ring (bicyclic) bond motifs is 2. The van der Waals surface area contributed by atoms with Crippen LogP contribution in [0.3, 0.4) is 0 Å². The number of nitrogens with one attached hydrogen (secondary N) is 2. The third-order valence-corrected chi connectivity index (χ3v) is 7.51. The second-order valence-electron chi connectivity index (χ2n) is 7.82. The van der Waals surface area contributed by atoms with Crippen molar-refractivity contribution in [2.45, 2.75) is 36.4 Å². The molecule has 2 saturated heterocycles. The molecule has 3 heterocycles. The van der Waals surface area contributed by atoms with Gasteiger partial charge in [0.05, 0.1) is 11.2 Å². The standard InChI is InChI=1S/C20H21N3O3S/c1-13-7-8-17-16(9-13)21-18(22-27(17,25)26)19(24)23-12-14-10-20(23,11-14)15-5-3-2-4-6-15/h2-9,14,18,21-22H,10-12H2,1H3. The molecule has 6 rings (SSSR count). The van der Waals surface area contributed by atoms with Gasteiger partial charge in [-0.2, -0.15) is 4.72 Å². The van der Waals surface area contributed by atoms with Crippen LogP contribution in [0, 0.1) is 12.8 Å². The van der Waals surface area contributed by atoms with Gasteiger partial charge in [-0.05, 0) is 48.9 Å². The van der Waals surface area contributed by atoms with E-state index >= 15 is 0 Å². The summed E-state index contributed by atoms with van der Waals surface area (Å²) < 4.78 is 27.8. The maximum absolute atomic E-state index is 13.3. The van der Waals surface area contributed by atoms with E-state index in [9.17, 15) is 13.2 Å². The minimum atomic E-state index is -3.73. The number of hydrogen-bond acceptors (Lipinski definition) is 4. The summed E-state index contributed by atoms with van der Waals surface area (Å²) in [6, 6.07) is 15.1. The van der Waals surface area contributed by atoms with Crippen LogP contribution >= 0.6 is 0 Å². The molecular weight excluding hydrogens is 362 g/mol. The molecule has 2 aromatic rings. The minimum Gasteiger partial charge on any atom is -0.360 e. The fourth-order valence-corrected chi connectivity index (χ4v) is 6.03. The third kappa shape index (κ3) is 2.41. The lowest BCUT2D eigenvalue weighted by atomic mass is 9.69. The van der Waals surface area contributed by atoms with Crippen LogP contribution in [-0.4, -0.2) is 31.9 Å². The highest BCUT2D eigenvalue weighted by Crippen LogP contribution is 2.57. The Bertz CT molecular complexity index is 1030. The molecule has 6 nitrogen and oxygen atoms in total. The van der Waals surface area contributed by atoms with Gasteiger partial charge in [0.2, 0.25) is 10.0 Å². The van der Waals surface area contributed by atoms with Crippen LogP contribution in [0.1, 0.15) is 24.0 Å². The lowest BCUT2D eigenvalue weighted by molar-refractivity contribution is -0.136. The summed E-state index contributed by atoms with van der Waals surface area (Å²) in [4.78, 5) is 15.4. The number of sulfonamides is 1. The number of rotatable bonds is 2. The summed E-state index contributed by atoms with van der Waals surface area (Å²) in [7, 11) is -3.73. The first kappa shape index (κ1) is 16.8. The molecule has 1 amide bonds. The van der Waals surface area contributed by atoms with Gasteiger partial charge in [0.25, 0.3) is 5.91 Å². The van der Waals surface area contributed by atoms with Gasteiger partial charge in [0, 0.05) is 6.54 Å². The quantitative estimate of drug-likeness (QED) is 0.833. The summed E-state index contributed by atoms with van der Waals surface area (Å²) in [5.41, 5.74) is 2.24. The molecule has 0 aromatic heterocycles. The second kappa shape index (κ2) is 5.56. The van der Waals surface area contributed by atoms with E-state index in [-0.39, 0.29) is 16.3 Å². The van der Waals surface area contributed by atoms with Crippen LogP contribution < -0.4 is 10.0 Å². The van der Waals surface area contributed by atoms with Crippen LogP contribution in [-0.2, 0) is 20.4 Å². The molecule has 140 valence electrons. The van der Waals surface area contributed by atoms with Crippen molar-refractivity contribution >= 4 is 21.6 Å². The number of carbonyl (C=O) groups is 1. The van der Waals surface area contributed by atoms with Gasteiger partial charge in [0.15, 0.2) is 6.17 Å². The maximum atomic E-state index is 13.3. The number of amides is 1. The highest BCUT2D eigenvalue weighted by atomic mass is 32.2. The topological polar surface area (TPSA) is 78.5 Å². The van der Waals surface area contributed by atoms with E-state index in [4.69, 9.17) is 0 Å². The first-order valence-electron chi connectivity index (χ1n) is 9.16. The molecular formula is C20H21N3O3S. The molecule has 0 radical (unpaired) electrons. The molecule has 0 spiro atoms. The van der Waals surface area contributed by atoms with E-state index < -0.39 is 16.2 Å². The Kier molecular flexibility index (Phi) is 3.45. The van der Waals surface area contributed by atoms with E-state index in [0.29, 0.717) is 18.2 Å². The lowest BCUT2D eigenvalue weighted by Gasteiger charge is -2.44. The highest BCUT2D eigenvalue weighted by molar-refractivity contribution is 7.89. The normalized spacial score (nSPS) is 30.2. The fourth-order valence-electron chi connectivity index (χ4n) is 4.78. The zero-order valence-corrected chi connectivity index (χ0v) is 15.8. The monoisotopic (exact) mass is 383 g/mol. The molecule has 7 heteroatoms. The summed E-state index contributed by atoms with van der Waals surface area (Å²) >= 11 is 0. The third-order valence-electron chi connectivity index (χ3n) is 6.03. The zero-order valence-electron chi connectivity index (χ0n) is 15.0. The summed E-state index contributed by atoms with van der Waals surface area (Å²) in [5, 5.41) is 3.10. The smallest absolute Gasteiger partial charge is 0.261 e. The SMILES string of the molecule is Cc1ccc2c(c1)NC(C(=O)N1CC3CC1(c1ccccc1)C3)NS2(=O)=O. The second-order valence-corrected chi connectivity index (χ2v) is 9.50. The van der Waals surface area contributed by atoms with Crippen molar-refractivity contribution in [1.82, 2.24) is 9.62 Å². The molecule has 4 aliphatic rings. The summed E-state index contributed by atoms with van der Waals surface area (Å²) in [5.74, 6) is 0.276. The van der Waals surface area contributed by atoms with Gasteiger partial charge in [-0.1, -0.05) is 36.4 Å². The minimum absolute atomic E-state index is 0.181. The molecule has 3 fully saturated rings. The van der Waals surface area contributed by atoms with Crippen LogP contribution in [0.4, 0.5) is 5.69 Å². The van der Waals surface area contributed by atoms with Crippen molar-refractivity contribution in [2.24, 2.45) is 5.92 Å². The largest absolute Gasteiger partial charge is 0.360 e. The van der Waals surface area contributed by atoms with E-state index in [2.05, 4.69) is 22.2 Å². The van der Waals surface area contributed by atoms with E-state index in [0.717, 1.165) is 24.0 Å². The molecule has 1 unspecified atom stereocenters.